The number of carbonyl (C=O) groups is 3. The number of hydrogen-bond acceptors (Lipinski definition) is 4. The number of likely N-dealkylation sites (N-methyl/N-ethyl adjacent to an activating group) is 1. The highest BCUT2D eigenvalue weighted by atomic mass is 16.5. The maximum absolute atomic E-state index is 13.2. The molecule has 0 heterocycles. The van der Waals surface area contributed by atoms with Gasteiger partial charge in [-0.25, -0.2) is 0 Å². The Hall–Kier alpha value is -1.63. The lowest BCUT2D eigenvalue weighted by atomic mass is 9.79. The van der Waals surface area contributed by atoms with Crippen LogP contribution in [0.1, 0.15) is 117 Å². The first kappa shape index (κ1) is 32.6. The van der Waals surface area contributed by atoms with Gasteiger partial charge in [-0.15, -0.1) is 0 Å². The summed E-state index contributed by atoms with van der Waals surface area (Å²) in [7, 11) is 3.47. The molecule has 0 aromatic rings. The van der Waals surface area contributed by atoms with E-state index in [-0.39, 0.29) is 29.7 Å². The monoisotopic (exact) mass is 535 g/mol. The summed E-state index contributed by atoms with van der Waals surface area (Å²) >= 11 is 0. The van der Waals surface area contributed by atoms with E-state index in [1.807, 2.05) is 7.05 Å². The highest BCUT2D eigenvalue weighted by Gasteiger charge is 2.31. The van der Waals surface area contributed by atoms with Crippen molar-refractivity contribution >= 4 is 17.7 Å². The Morgan fingerprint density at radius 1 is 0.921 bits per heavy atom. The third-order valence-electron chi connectivity index (χ3n) is 8.66. The summed E-state index contributed by atoms with van der Waals surface area (Å²) in [6.45, 7) is 8.28. The van der Waals surface area contributed by atoms with Crippen LogP contribution in [-0.2, 0) is 19.1 Å². The molecule has 0 aromatic heterocycles. The van der Waals surface area contributed by atoms with E-state index < -0.39 is 0 Å². The molecule has 2 aliphatic carbocycles. The van der Waals surface area contributed by atoms with Gasteiger partial charge in [0.15, 0.2) is 0 Å². The molecule has 3 amide bonds. The molecule has 1 N–H and O–H groups in total. The van der Waals surface area contributed by atoms with Gasteiger partial charge in [-0.3, -0.25) is 14.4 Å². The number of carbonyl (C=O) groups excluding carboxylic acids is 3. The minimum absolute atomic E-state index is 0.139. The van der Waals surface area contributed by atoms with Crippen LogP contribution in [0.25, 0.3) is 0 Å². The molecule has 0 aliphatic heterocycles. The predicted molar refractivity (Wildman–Crippen MR) is 154 cm³/mol. The van der Waals surface area contributed by atoms with E-state index in [0.717, 1.165) is 57.9 Å². The molecule has 2 rings (SSSR count). The van der Waals surface area contributed by atoms with Gasteiger partial charge < -0.3 is 19.9 Å². The van der Waals surface area contributed by atoms with Crippen LogP contribution in [0, 0.1) is 17.8 Å². The molecule has 4 unspecified atom stereocenters. The van der Waals surface area contributed by atoms with Gasteiger partial charge in [-0.05, 0) is 62.7 Å². The van der Waals surface area contributed by atoms with Crippen LogP contribution in [-0.4, -0.2) is 73.5 Å². The minimum Gasteiger partial charge on any atom is -0.383 e. The number of nitrogens with one attached hydrogen (secondary N) is 1. The lowest BCUT2D eigenvalue weighted by molar-refractivity contribution is -0.135. The summed E-state index contributed by atoms with van der Waals surface area (Å²) in [5.41, 5.74) is 0. The lowest BCUT2D eigenvalue weighted by Crippen LogP contribution is -2.44. The Balaban J connectivity index is 1.85. The van der Waals surface area contributed by atoms with Crippen molar-refractivity contribution in [1.29, 1.82) is 0 Å². The first-order chi connectivity index (χ1) is 18.2. The van der Waals surface area contributed by atoms with Crippen LogP contribution < -0.4 is 5.32 Å². The van der Waals surface area contributed by atoms with E-state index in [0.29, 0.717) is 50.3 Å². The highest BCUT2D eigenvalue weighted by Crippen LogP contribution is 2.33. The molecule has 38 heavy (non-hydrogen) atoms. The second-order valence-corrected chi connectivity index (χ2v) is 12.4. The zero-order chi connectivity index (χ0) is 27.9. The van der Waals surface area contributed by atoms with E-state index in [1.165, 1.54) is 25.7 Å². The van der Waals surface area contributed by atoms with Crippen LogP contribution in [0.4, 0.5) is 0 Å². The number of nitrogens with zero attached hydrogens (tertiary/aromatic N) is 2. The first-order valence-electron chi connectivity index (χ1n) is 15.5. The van der Waals surface area contributed by atoms with E-state index in [9.17, 15) is 14.4 Å². The fourth-order valence-electron chi connectivity index (χ4n) is 6.40. The van der Waals surface area contributed by atoms with E-state index in [4.69, 9.17) is 4.74 Å². The van der Waals surface area contributed by atoms with Gasteiger partial charge in [0, 0.05) is 58.6 Å². The maximum atomic E-state index is 13.2. The highest BCUT2D eigenvalue weighted by molar-refractivity contribution is 5.77. The summed E-state index contributed by atoms with van der Waals surface area (Å²) in [5, 5.41) is 3.28. The molecule has 7 heteroatoms. The van der Waals surface area contributed by atoms with Gasteiger partial charge in [0.1, 0.15) is 0 Å². The van der Waals surface area contributed by atoms with Gasteiger partial charge in [-0.1, -0.05) is 52.9 Å². The fourth-order valence-corrected chi connectivity index (χ4v) is 6.40. The average Bonchev–Trinajstić information content (AvgIpc) is 2.88. The number of methoxy groups -OCH3 is 1. The Morgan fingerprint density at radius 2 is 1.66 bits per heavy atom. The maximum Gasteiger partial charge on any atom is 0.222 e. The third kappa shape index (κ3) is 12.0. The van der Waals surface area contributed by atoms with Crippen molar-refractivity contribution in [3.63, 3.8) is 0 Å². The molecule has 0 spiro atoms. The van der Waals surface area contributed by atoms with Crippen LogP contribution in [0.5, 0.6) is 0 Å². The van der Waals surface area contributed by atoms with Crippen molar-refractivity contribution in [3.8, 4) is 0 Å². The standard InChI is InChI=1S/C31H57N3O4/c1-6-11-30(36)34(17-16-24(2)22-31(37)33(4)18-19-38-5)28-15-10-12-26(23-28)20-25(3)21-29(35)32-27-13-8-7-9-14-27/h24-28H,6-23H2,1-5H3,(H,32,35). The number of rotatable bonds is 16. The molecule has 0 radical (unpaired) electrons. The van der Waals surface area contributed by atoms with Crippen molar-refractivity contribution in [3.05, 3.63) is 0 Å². The van der Waals surface area contributed by atoms with Gasteiger partial charge >= 0.3 is 0 Å². The van der Waals surface area contributed by atoms with E-state index >= 15 is 0 Å². The summed E-state index contributed by atoms with van der Waals surface area (Å²) in [6.07, 6.45) is 14.9. The zero-order valence-corrected chi connectivity index (χ0v) is 25.1. The Morgan fingerprint density at radius 3 is 2.34 bits per heavy atom. The summed E-state index contributed by atoms with van der Waals surface area (Å²) in [6, 6.07) is 0.660. The fraction of sp³-hybridized carbons (Fsp3) is 0.903. The summed E-state index contributed by atoms with van der Waals surface area (Å²) in [4.78, 5) is 42.2. The Kier molecular flexibility index (Phi) is 15.3. The Labute approximate surface area is 232 Å². The van der Waals surface area contributed by atoms with Crippen molar-refractivity contribution in [2.24, 2.45) is 17.8 Å². The second kappa shape index (κ2) is 17.9. The SMILES string of the molecule is CCCC(=O)N(CCC(C)CC(=O)N(C)CCOC)C1CCCC(CC(C)CC(=O)NC2CCCCC2)C1. The molecule has 2 aliphatic rings. The molecule has 0 aromatic carbocycles. The quantitative estimate of drug-likeness (QED) is 0.281. The smallest absolute Gasteiger partial charge is 0.222 e. The first-order valence-corrected chi connectivity index (χ1v) is 15.5. The largest absolute Gasteiger partial charge is 0.383 e. The lowest BCUT2D eigenvalue weighted by Gasteiger charge is -2.39. The molecule has 0 bridgehead atoms. The van der Waals surface area contributed by atoms with Gasteiger partial charge in [-0.2, -0.15) is 0 Å². The molecule has 2 fully saturated rings. The second-order valence-electron chi connectivity index (χ2n) is 12.4. The van der Waals surface area contributed by atoms with Crippen molar-refractivity contribution < 1.29 is 19.1 Å². The number of hydrogen-bond donors (Lipinski definition) is 1. The average molecular weight is 536 g/mol. The number of ether oxygens (including phenoxy) is 1. The number of amides is 3. The van der Waals surface area contributed by atoms with E-state index in [1.54, 1.807) is 12.0 Å². The summed E-state index contributed by atoms with van der Waals surface area (Å²) < 4.78 is 5.09. The van der Waals surface area contributed by atoms with E-state index in [2.05, 4.69) is 31.0 Å². The van der Waals surface area contributed by atoms with Crippen LogP contribution >= 0.6 is 0 Å². The normalized spacial score (nSPS) is 21.9. The molecular formula is C31H57N3O4. The Bertz CT molecular complexity index is 709. The zero-order valence-electron chi connectivity index (χ0n) is 25.1. The molecule has 2 saturated carbocycles. The molecule has 0 saturated heterocycles. The molecule has 4 atom stereocenters. The van der Waals surface area contributed by atoms with Crippen molar-refractivity contribution in [1.82, 2.24) is 15.1 Å². The third-order valence-corrected chi connectivity index (χ3v) is 8.66. The van der Waals surface area contributed by atoms with Crippen molar-refractivity contribution in [2.75, 3.05) is 33.9 Å². The molecule has 7 nitrogen and oxygen atoms in total. The van der Waals surface area contributed by atoms with Gasteiger partial charge in [0.25, 0.3) is 0 Å². The predicted octanol–water partition coefficient (Wildman–Crippen LogP) is 5.56. The van der Waals surface area contributed by atoms with Gasteiger partial charge in [0.2, 0.25) is 17.7 Å². The summed E-state index contributed by atoms with van der Waals surface area (Å²) in [5.74, 6) is 1.77. The minimum atomic E-state index is 0.139. The topological polar surface area (TPSA) is 79.0 Å². The molecule has 220 valence electrons. The van der Waals surface area contributed by atoms with Crippen LogP contribution in [0.2, 0.25) is 0 Å². The van der Waals surface area contributed by atoms with Gasteiger partial charge in [0.05, 0.1) is 6.61 Å². The van der Waals surface area contributed by atoms with Crippen LogP contribution in [0.15, 0.2) is 0 Å². The molecular weight excluding hydrogens is 478 g/mol. The van der Waals surface area contributed by atoms with Crippen molar-refractivity contribution in [2.45, 2.75) is 129 Å². The van der Waals surface area contributed by atoms with Crippen LogP contribution in [0.3, 0.4) is 0 Å².